The lowest BCUT2D eigenvalue weighted by Crippen LogP contribution is -2.36. The normalized spacial score (nSPS) is 17.2. The largest absolute Gasteiger partial charge is 0.490 e. The van der Waals surface area contributed by atoms with Gasteiger partial charge in [-0.25, -0.2) is 4.68 Å². The zero-order valence-electron chi connectivity index (χ0n) is 24.8. The number of halogens is 1. The molecule has 1 unspecified atom stereocenters. The van der Waals surface area contributed by atoms with E-state index >= 15 is 0 Å². The Bertz CT molecular complexity index is 1700. The predicted molar refractivity (Wildman–Crippen MR) is 171 cm³/mol. The van der Waals surface area contributed by atoms with Crippen LogP contribution in [0.2, 0.25) is 5.02 Å². The fraction of sp³-hybridized carbons (Fsp3) is 0.324. The van der Waals surface area contributed by atoms with Crippen LogP contribution in [0.5, 0.6) is 11.5 Å². The molecule has 222 valence electrons. The average molecular weight is 615 g/mol. The number of fused-ring (bicyclic) bond motifs is 1. The molecule has 1 aliphatic carbocycles. The number of rotatable bonds is 9. The summed E-state index contributed by atoms with van der Waals surface area (Å²) in [5.74, 6) is 2.65. The molecule has 1 aromatic heterocycles. The monoisotopic (exact) mass is 614 g/mol. The Morgan fingerprint density at radius 2 is 1.84 bits per heavy atom. The molecule has 0 saturated heterocycles. The quantitative estimate of drug-likeness (QED) is 0.191. The number of carbonyl (C=O) groups is 1. The van der Waals surface area contributed by atoms with Crippen LogP contribution in [-0.4, -0.2) is 27.2 Å². The summed E-state index contributed by atoms with van der Waals surface area (Å²) < 4.78 is 14.1. The zero-order chi connectivity index (χ0) is 30.1. The second-order valence-corrected chi connectivity index (χ2v) is 13.2. The average Bonchev–Trinajstić information content (AvgIpc) is 3.38. The summed E-state index contributed by atoms with van der Waals surface area (Å²) in [5.41, 5.74) is 5.68. The summed E-state index contributed by atoms with van der Waals surface area (Å²) in [7, 11) is 0. The van der Waals surface area contributed by atoms with Crippen LogP contribution in [0.15, 0.2) is 83.2 Å². The number of aromatic nitrogens is 3. The second kappa shape index (κ2) is 12.1. The highest BCUT2D eigenvalue weighted by Crippen LogP contribution is 2.47. The van der Waals surface area contributed by atoms with E-state index in [9.17, 15) is 4.79 Å². The molecule has 0 saturated carbocycles. The van der Waals surface area contributed by atoms with E-state index in [0.29, 0.717) is 53.0 Å². The van der Waals surface area contributed by atoms with Crippen molar-refractivity contribution in [3.8, 4) is 11.5 Å². The van der Waals surface area contributed by atoms with Crippen molar-refractivity contribution in [2.45, 2.75) is 64.1 Å². The lowest BCUT2D eigenvalue weighted by atomic mass is 9.73. The maximum atomic E-state index is 13.7. The van der Waals surface area contributed by atoms with Crippen LogP contribution in [0.1, 0.15) is 61.9 Å². The van der Waals surface area contributed by atoms with Crippen molar-refractivity contribution in [3.63, 3.8) is 0 Å². The summed E-state index contributed by atoms with van der Waals surface area (Å²) in [6, 6.07) is 21.5. The number of ether oxygens (including phenoxy) is 2. The lowest BCUT2D eigenvalue weighted by Gasteiger charge is -2.38. The van der Waals surface area contributed by atoms with Gasteiger partial charge in [-0.1, -0.05) is 91.3 Å². The number of hydrogen-bond donors (Lipinski definition) is 1. The number of hydrogen-bond acceptors (Lipinski definition) is 7. The fourth-order valence-corrected chi connectivity index (χ4v) is 6.76. The molecule has 4 aromatic rings. The number of anilines is 1. The molecule has 1 aliphatic heterocycles. The van der Waals surface area contributed by atoms with E-state index in [1.807, 2.05) is 54.1 Å². The molecule has 1 atom stereocenters. The van der Waals surface area contributed by atoms with Crippen LogP contribution in [0.3, 0.4) is 0 Å². The predicted octanol–water partition coefficient (Wildman–Crippen LogP) is 8.17. The standard InChI is InChI=1S/C34H35ClN4O3S/c1-5-41-29-16-23(14-15-28(29)42-19-22-12-10-21(2)11-13-22)31-30-26(17-34(3,4)18-27(30)40)36-32-37-33(38-39(31)32)43-20-24-8-6-7-9-25(24)35/h6-16,31H,5,17-20H2,1-4H3,(H,36,37,38). The number of nitrogens with zero attached hydrogens (tertiary/aromatic N) is 3. The number of nitrogens with one attached hydrogen (secondary N) is 1. The topological polar surface area (TPSA) is 78.3 Å². The minimum Gasteiger partial charge on any atom is -0.490 e. The van der Waals surface area contributed by atoms with Gasteiger partial charge in [-0.05, 0) is 60.6 Å². The van der Waals surface area contributed by atoms with Crippen LogP contribution in [0.25, 0.3) is 0 Å². The van der Waals surface area contributed by atoms with Gasteiger partial charge in [-0.2, -0.15) is 4.98 Å². The van der Waals surface area contributed by atoms with Gasteiger partial charge in [0, 0.05) is 28.5 Å². The minimum absolute atomic E-state index is 0.118. The first-order chi connectivity index (χ1) is 20.7. The van der Waals surface area contributed by atoms with Crippen molar-refractivity contribution in [1.82, 2.24) is 14.8 Å². The van der Waals surface area contributed by atoms with Crippen molar-refractivity contribution in [1.29, 1.82) is 0 Å². The van der Waals surface area contributed by atoms with Gasteiger partial charge < -0.3 is 14.8 Å². The first kappa shape index (κ1) is 29.3. The van der Waals surface area contributed by atoms with Crippen LogP contribution >= 0.6 is 23.4 Å². The van der Waals surface area contributed by atoms with E-state index in [2.05, 4.69) is 50.4 Å². The molecule has 1 N–H and O–H groups in total. The number of Topliss-reactive ketones (excluding diaryl/α,β-unsaturated/α-hetero) is 1. The molecule has 0 fully saturated rings. The van der Waals surface area contributed by atoms with Crippen molar-refractivity contribution in [2.75, 3.05) is 11.9 Å². The number of ketones is 1. The van der Waals surface area contributed by atoms with Gasteiger partial charge in [0.25, 0.3) is 0 Å². The van der Waals surface area contributed by atoms with E-state index in [-0.39, 0.29) is 11.2 Å². The third kappa shape index (κ3) is 6.31. The molecular formula is C34H35ClN4O3S. The van der Waals surface area contributed by atoms with E-state index < -0.39 is 6.04 Å². The number of carbonyl (C=O) groups excluding carboxylic acids is 1. The summed E-state index contributed by atoms with van der Waals surface area (Å²) in [6.45, 7) is 9.18. The number of allylic oxidation sites excluding steroid dienone is 2. The van der Waals surface area contributed by atoms with Crippen LogP contribution in [0, 0.1) is 12.3 Å². The number of aryl methyl sites for hydroxylation is 1. The summed E-state index contributed by atoms with van der Waals surface area (Å²) >= 11 is 7.91. The molecule has 9 heteroatoms. The Kier molecular flexibility index (Phi) is 8.25. The molecule has 6 rings (SSSR count). The highest BCUT2D eigenvalue weighted by molar-refractivity contribution is 7.98. The first-order valence-corrected chi connectivity index (χ1v) is 15.9. The smallest absolute Gasteiger partial charge is 0.227 e. The molecule has 2 heterocycles. The van der Waals surface area contributed by atoms with Crippen molar-refractivity contribution in [3.05, 3.63) is 105 Å². The Balaban J connectivity index is 1.35. The molecule has 2 aliphatic rings. The zero-order valence-corrected chi connectivity index (χ0v) is 26.4. The minimum atomic E-state index is -0.442. The molecule has 0 amide bonds. The molecule has 3 aromatic carbocycles. The second-order valence-electron chi connectivity index (χ2n) is 11.8. The third-order valence-electron chi connectivity index (χ3n) is 7.73. The van der Waals surface area contributed by atoms with Crippen LogP contribution in [-0.2, 0) is 17.2 Å². The van der Waals surface area contributed by atoms with Gasteiger partial charge in [0.05, 0.1) is 6.61 Å². The fourth-order valence-electron chi connectivity index (χ4n) is 5.64. The lowest BCUT2D eigenvalue weighted by molar-refractivity contribution is -0.118. The summed E-state index contributed by atoms with van der Waals surface area (Å²) in [5, 5.41) is 9.69. The van der Waals surface area contributed by atoms with E-state index in [1.165, 1.54) is 17.3 Å². The molecule has 7 nitrogen and oxygen atoms in total. The van der Waals surface area contributed by atoms with E-state index in [4.69, 9.17) is 31.2 Å². The van der Waals surface area contributed by atoms with E-state index in [0.717, 1.165) is 34.4 Å². The summed E-state index contributed by atoms with van der Waals surface area (Å²) in [6.07, 6.45) is 1.22. The van der Waals surface area contributed by atoms with Crippen LogP contribution < -0.4 is 14.8 Å². The van der Waals surface area contributed by atoms with Gasteiger partial charge in [-0.15, -0.1) is 5.10 Å². The van der Waals surface area contributed by atoms with Crippen LogP contribution in [0.4, 0.5) is 5.95 Å². The molecule has 0 radical (unpaired) electrons. The maximum Gasteiger partial charge on any atom is 0.227 e. The van der Waals surface area contributed by atoms with Crippen molar-refractivity contribution >= 4 is 35.1 Å². The highest BCUT2D eigenvalue weighted by Gasteiger charge is 2.42. The molecular weight excluding hydrogens is 580 g/mol. The van der Waals surface area contributed by atoms with Gasteiger partial charge in [0.2, 0.25) is 11.1 Å². The maximum absolute atomic E-state index is 13.7. The van der Waals surface area contributed by atoms with Crippen molar-refractivity contribution < 1.29 is 14.3 Å². The third-order valence-corrected chi connectivity index (χ3v) is 8.98. The Labute approximate surface area is 261 Å². The van der Waals surface area contributed by atoms with Gasteiger partial charge >= 0.3 is 0 Å². The Morgan fingerprint density at radius 1 is 1.05 bits per heavy atom. The van der Waals surface area contributed by atoms with Gasteiger partial charge in [0.1, 0.15) is 12.6 Å². The summed E-state index contributed by atoms with van der Waals surface area (Å²) in [4.78, 5) is 18.6. The number of thioether (sulfide) groups is 1. The van der Waals surface area contributed by atoms with Gasteiger partial charge in [-0.3, -0.25) is 4.79 Å². The van der Waals surface area contributed by atoms with Gasteiger partial charge in [0.15, 0.2) is 17.3 Å². The SMILES string of the molecule is CCOc1cc(C2C3=C(CC(C)(C)CC3=O)Nc3nc(SCc4ccccc4Cl)nn32)ccc1OCc1ccc(C)cc1. The first-order valence-electron chi connectivity index (χ1n) is 14.5. The molecule has 0 spiro atoms. The Morgan fingerprint density at radius 3 is 2.60 bits per heavy atom. The molecule has 43 heavy (non-hydrogen) atoms. The number of benzene rings is 3. The Hall–Kier alpha value is -3.75. The van der Waals surface area contributed by atoms with E-state index in [1.54, 1.807) is 0 Å². The van der Waals surface area contributed by atoms with Crippen molar-refractivity contribution in [2.24, 2.45) is 5.41 Å². The molecule has 0 bridgehead atoms. The highest BCUT2D eigenvalue weighted by atomic mass is 35.5.